The zero-order valence-electron chi connectivity index (χ0n) is 11.8. The first-order valence-corrected chi connectivity index (χ1v) is 6.31. The minimum absolute atomic E-state index is 0.00668. The summed E-state index contributed by atoms with van der Waals surface area (Å²) in [4.78, 5) is 11.9. The lowest BCUT2D eigenvalue weighted by atomic mass is 10.1. The standard InChI is InChI=1S/C15H18N2O3/c1-4-10(2)17-15(19)12(9-16)7-11-5-6-13(18)14(8-11)20-3/h5-8,10,18H,4H2,1-3H3,(H,17,19)/b12-7+/t10-/m1/s1. The SMILES string of the molecule is CC[C@@H](C)NC(=O)/C(C#N)=C/c1ccc(O)c(OC)c1. The van der Waals surface area contributed by atoms with Gasteiger partial charge in [0.2, 0.25) is 0 Å². The van der Waals surface area contributed by atoms with Gasteiger partial charge in [-0.15, -0.1) is 0 Å². The molecular formula is C15H18N2O3. The van der Waals surface area contributed by atoms with E-state index >= 15 is 0 Å². The highest BCUT2D eigenvalue weighted by atomic mass is 16.5. The fourth-order valence-electron chi connectivity index (χ4n) is 1.50. The first-order valence-electron chi connectivity index (χ1n) is 6.31. The molecule has 0 saturated carbocycles. The van der Waals surface area contributed by atoms with Gasteiger partial charge in [0.25, 0.3) is 5.91 Å². The second kappa shape index (κ2) is 7.19. The Labute approximate surface area is 118 Å². The number of rotatable bonds is 5. The highest BCUT2D eigenvalue weighted by Gasteiger charge is 2.11. The molecular weight excluding hydrogens is 256 g/mol. The van der Waals surface area contributed by atoms with Crippen LogP contribution in [0.15, 0.2) is 23.8 Å². The number of amides is 1. The lowest BCUT2D eigenvalue weighted by Gasteiger charge is -2.10. The van der Waals surface area contributed by atoms with Gasteiger partial charge < -0.3 is 15.2 Å². The summed E-state index contributed by atoms with van der Waals surface area (Å²) in [5.74, 6) is -0.112. The van der Waals surface area contributed by atoms with Crippen molar-refractivity contribution < 1.29 is 14.6 Å². The van der Waals surface area contributed by atoms with Gasteiger partial charge >= 0.3 is 0 Å². The lowest BCUT2D eigenvalue weighted by molar-refractivity contribution is -0.117. The molecule has 5 nitrogen and oxygen atoms in total. The van der Waals surface area contributed by atoms with Gasteiger partial charge in [-0.1, -0.05) is 13.0 Å². The van der Waals surface area contributed by atoms with Crippen LogP contribution in [0.2, 0.25) is 0 Å². The molecule has 1 aromatic rings. The number of benzene rings is 1. The Kier molecular flexibility index (Phi) is 5.60. The zero-order valence-corrected chi connectivity index (χ0v) is 11.8. The number of ether oxygens (including phenoxy) is 1. The van der Waals surface area contributed by atoms with E-state index in [0.717, 1.165) is 6.42 Å². The highest BCUT2D eigenvalue weighted by Crippen LogP contribution is 2.27. The summed E-state index contributed by atoms with van der Waals surface area (Å²) in [5, 5.41) is 21.3. The van der Waals surface area contributed by atoms with E-state index in [1.54, 1.807) is 12.1 Å². The van der Waals surface area contributed by atoms with Crippen LogP contribution in [0.3, 0.4) is 0 Å². The van der Waals surface area contributed by atoms with E-state index in [2.05, 4.69) is 5.32 Å². The van der Waals surface area contributed by atoms with E-state index in [1.807, 2.05) is 19.9 Å². The van der Waals surface area contributed by atoms with Gasteiger partial charge in [-0.2, -0.15) is 5.26 Å². The zero-order chi connectivity index (χ0) is 15.1. The molecule has 0 spiro atoms. The Bertz CT molecular complexity index is 559. The van der Waals surface area contributed by atoms with Crippen LogP contribution in [0.5, 0.6) is 11.5 Å². The quantitative estimate of drug-likeness (QED) is 0.637. The number of hydrogen-bond donors (Lipinski definition) is 2. The lowest BCUT2D eigenvalue weighted by Crippen LogP contribution is -2.32. The summed E-state index contributed by atoms with van der Waals surface area (Å²) in [6.45, 7) is 3.82. The smallest absolute Gasteiger partial charge is 0.262 e. The van der Waals surface area contributed by atoms with Crippen molar-refractivity contribution in [1.29, 1.82) is 5.26 Å². The Balaban J connectivity index is 3.00. The number of nitrogens with zero attached hydrogens (tertiary/aromatic N) is 1. The van der Waals surface area contributed by atoms with Gasteiger partial charge in [0.1, 0.15) is 11.6 Å². The van der Waals surface area contributed by atoms with Crippen molar-refractivity contribution in [3.8, 4) is 17.6 Å². The van der Waals surface area contributed by atoms with Crippen molar-refractivity contribution in [3.05, 3.63) is 29.3 Å². The Morgan fingerprint density at radius 2 is 2.30 bits per heavy atom. The van der Waals surface area contributed by atoms with Crippen LogP contribution >= 0.6 is 0 Å². The van der Waals surface area contributed by atoms with Crippen molar-refractivity contribution in [2.75, 3.05) is 7.11 Å². The molecule has 20 heavy (non-hydrogen) atoms. The third-order valence-corrected chi connectivity index (χ3v) is 2.87. The molecule has 1 rings (SSSR count). The molecule has 0 fully saturated rings. The molecule has 1 amide bonds. The molecule has 0 aromatic heterocycles. The maximum absolute atomic E-state index is 11.9. The molecule has 0 unspecified atom stereocenters. The van der Waals surface area contributed by atoms with Gasteiger partial charge in [0, 0.05) is 6.04 Å². The van der Waals surface area contributed by atoms with E-state index in [4.69, 9.17) is 10.00 Å². The van der Waals surface area contributed by atoms with E-state index in [1.165, 1.54) is 19.3 Å². The second-order valence-corrected chi connectivity index (χ2v) is 4.38. The number of phenolic OH excluding ortho intramolecular Hbond substituents is 1. The molecule has 0 saturated heterocycles. The second-order valence-electron chi connectivity index (χ2n) is 4.38. The van der Waals surface area contributed by atoms with E-state index in [-0.39, 0.29) is 17.4 Å². The van der Waals surface area contributed by atoms with E-state index < -0.39 is 5.91 Å². The van der Waals surface area contributed by atoms with Crippen molar-refractivity contribution in [2.45, 2.75) is 26.3 Å². The molecule has 0 aliphatic rings. The molecule has 106 valence electrons. The first kappa shape index (κ1) is 15.6. The summed E-state index contributed by atoms with van der Waals surface area (Å²) in [6, 6.07) is 6.50. The molecule has 1 atom stereocenters. The van der Waals surface area contributed by atoms with Crippen LogP contribution in [0.4, 0.5) is 0 Å². The molecule has 0 heterocycles. The fourth-order valence-corrected chi connectivity index (χ4v) is 1.50. The first-order chi connectivity index (χ1) is 9.51. The van der Waals surface area contributed by atoms with E-state index in [9.17, 15) is 9.90 Å². The van der Waals surface area contributed by atoms with Crippen LogP contribution in [-0.2, 0) is 4.79 Å². The Morgan fingerprint density at radius 1 is 1.60 bits per heavy atom. The minimum Gasteiger partial charge on any atom is -0.504 e. The number of nitrogens with one attached hydrogen (secondary N) is 1. The average Bonchev–Trinajstić information content (AvgIpc) is 2.45. The summed E-state index contributed by atoms with van der Waals surface area (Å²) >= 11 is 0. The fraction of sp³-hybridized carbons (Fsp3) is 0.333. The minimum atomic E-state index is -0.408. The van der Waals surface area contributed by atoms with Crippen molar-refractivity contribution >= 4 is 12.0 Å². The summed E-state index contributed by atoms with van der Waals surface area (Å²) in [6.07, 6.45) is 2.25. The predicted octanol–water partition coefficient (Wildman–Crippen LogP) is 2.22. The molecule has 0 aliphatic carbocycles. The largest absolute Gasteiger partial charge is 0.504 e. The van der Waals surface area contributed by atoms with Gasteiger partial charge in [-0.25, -0.2) is 0 Å². The number of methoxy groups -OCH3 is 1. The third-order valence-electron chi connectivity index (χ3n) is 2.87. The number of carbonyl (C=O) groups is 1. The molecule has 5 heteroatoms. The normalized spacial score (nSPS) is 12.4. The predicted molar refractivity (Wildman–Crippen MR) is 76.1 cm³/mol. The third kappa shape index (κ3) is 4.02. The molecule has 1 aromatic carbocycles. The molecule has 0 aliphatic heterocycles. The topological polar surface area (TPSA) is 82.4 Å². The van der Waals surface area contributed by atoms with Crippen LogP contribution in [0.25, 0.3) is 6.08 Å². The van der Waals surface area contributed by atoms with Crippen molar-refractivity contribution in [1.82, 2.24) is 5.32 Å². The average molecular weight is 274 g/mol. The number of hydrogen-bond acceptors (Lipinski definition) is 4. The number of phenols is 1. The van der Waals surface area contributed by atoms with Crippen molar-refractivity contribution in [3.63, 3.8) is 0 Å². The molecule has 0 bridgehead atoms. The van der Waals surface area contributed by atoms with Crippen molar-refractivity contribution in [2.24, 2.45) is 0 Å². The summed E-state index contributed by atoms with van der Waals surface area (Å²) in [5.41, 5.74) is 0.619. The Hall–Kier alpha value is -2.48. The van der Waals surface area contributed by atoms with Gasteiger partial charge in [-0.05, 0) is 37.1 Å². The highest BCUT2D eigenvalue weighted by molar-refractivity contribution is 6.01. The van der Waals surface area contributed by atoms with E-state index in [0.29, 0.717) is 11.3 Å². The summed E-state index contributed by atoms with van der Waals surface area (Å²) in [7, 11) is 1.43. The van der Waals surface area contributed by atoms with Gasteiger partial charge in [0.15, 0.2) is 11.5 Å². The van der Waals surface area contributed by atoms with Crippen LogP contribution in [0.1, 0.15) is 25.8 Å². The number of carbonyl (C=O) groups excluding carboxylic acids is 1. The molecule has 2 N–H and O–H groups in total. The number of aromatic hydroxyl groups is 1. The molecule has 0 radical (unpaired) electrons. The van der Waals surface area contributed by atoms with Crippen LogP contribution in [-0.4, -0.2) is 24.2 Å². The van der Waals surface area contributed by atoms with Gasteiger partial charge in [0.05, 0.1) is 7.11 Å². The summed E-state index contributed by atoms with van der Waals surface area (Å²) < 4.78 is 4.98. The monoisotopic (exact) mass is 274 g/mol. The van der Waals surface area contributed by atoms with Crippen LogP contribution in [0, 0.1) is 11.3 Å². The van der Waals surface area contributed by atoms with Crippen LogP contribution < -0.4 is 10.1 Å². The maximum Gasteiger partial charge on any atom is 0.262 e. The van der Waals surface area contributed by atoms with Gasteiger partial charge in [-0.3, -0.25) is 4.79 Å². The number of nitriles is 1. The maximum atomic E-state index is 11.9. The Morgan fingerprint density at radius 3 is 2.85 bits per heavy atom.